The van der Waals surface area contributed by atoms with Gasteiger partial charge in [-0.1, -0.05) is 27.7 Å². The molecule has 0 spiro atoms. The van der Waals surface area contributed by atoms with Crippen molar-refractivity contribution >= 4 is 39.3 Å². The van der Waals surface area contributed by atoms with Gasteiger partial charge in [-0.05, 0) is 62.4 Å². The molecule has 0 radical (unpaired) electrons. The smallest absolute Gasteiger partial charge is 0.237 e. The molecular weight excluding hydrogens is 440 g/mol. The molecule has 2 aromatic carbocycles. The molecule has 28 heavy (non-hydrogen) atoms. The number of hydrogen-bond donors (Lipinski definition) is 1. The first-order valence-electron chi connectivity index (χ1n) is 8.82. The van der Waals surface area contributed by atoms with E-state index in [2.05, 4.69) is 31.4 Å². The topological polar surface area (TPSA) is 69.0 Å². The monoisotopic (exact) mass is 460 g/mol. The maximum atomic E-state index is 12.5. The Labute approximate surface area is 176 Å². The summed E-state index contributed by atoms with van der Waals surface area (Å²) in [6.07, 6.45) is 0. The summed E-state index contributed by atoms with van der Waals surface area (Å²) in [5.41, 5.74) is 1.71. The molecule has 0 fully saturated rings. The molecule has 1 aromatic heterocycles. The molecule has 146 valence electrons. The lowest BCUT2D eigenvalue weighted by Gasteiger charge is -2.13. The molecular formula is C20H21BrN4O2S. The molecule has 0 aliphatic carbocycles. The van der Waals surface area contributed by atoms with Crippen molar-refractivity contribution in [2.45, 2.75) is 30.8 Å². The summed E-state index contributed by atoms with van der Waals surface area (Å²) in [6.45, 7) is 4.60. The van der Waals surface area contributed by atoms with Gasteiger partial charge >= 0.3 is 0 Å². The van der Waals surface area contributed by atoms with Crippen LogP contribution in [0.3, 0.4) is 0 Å². The van der Waals surface area contributed by atoms with E-state index >= 15 is 0 Å². The van der Waals surface area contributed by atoms with E-state index in [0.717, 1.165) is 27.3 Å². The SMILES string of the molecule is CCn1c(SC(C)C(=O)Nc2ccc(Br)cc2)nnc1-c1ccc(OC)cc1. The minimum atomic E-state index is -0.318. The summed E-state index contributed by atoms with van der Waals surface area (Å²) >= 11 is 4.78. The van der Waals surface area contributed by atoms with Crippen LogP contribution in [0.5, 0.6) is 5.75 Å². The quantitative estimate of drug-likeness (QED) is 0.510. The molecule has 3 aromatic rings. The van der Waals surface area contributed by atoms with Crippen molar-refractivity contribution in [3.05, 3.63) is 53.0 Å². The number of nitrogens with zero attached hydrogens (tertiary/aromatic N) is 3. The van der Waals surface area contributed by atoms with Gasteiger partial charge in [0.15, 0.2) is 11.0 Å². The van der Waals surface area contributed by atoms with Crippen LogP contribution in [0.15, 0.2) is 58.2 Å². The molecule has 0 saturated heterocycles. The van der Waals surface area contributed by atoms with Crippen molar-refractivity contribution in [3.63, 3.8) is 0 Å². The lowest BCUT2D eigenvalue weighted by atomic mass is 10.2. The van der Waals surface area contributed by atoms with Crippen LogP contribution in [0, 0.1) is 0 Å². The summed E-state index contributed by atoms with van der Waals surface area (Å²) in [5.74, 6) is 1.48. The number of nitrogens with one attached hydrogen (secondary N) is 1. The molecule has 6 nitrogen and oxygen atoms in total. The largest absolute Gasteiger partial charge is 0.497 e. The fraction of sp³-hybridized carbons (Fsp3) is 0.250. The number of amides is 1. The van der Waals surface area contributed by atoms with Crippen LogP contribution in [0.4, 0.5) is 5.69 Å². The van der Waals surface area contributed by atoms with Crippen molar-refractivity contribution in [2.75, 3.05) is 12.4 Å². The molecule has 1 heterocycles. The predicted octanol–water partition coefficient (Wildman–Crippen LogP) is 4.86. The van der Waals surface area contributed by atoms with Gasteiger partial charge < -0.3 is 14.6 Å². The van der Waals surface area contributed by atoms with Gasteiger partial charge in [0.25, 0.3) is 0 Å². The second kappa shape index (κ2) is 9.25. The first kappa shape index (κ1) is 20.4. The first-order valence-corrected chi connectivity index (χ1v) is 10.5. The van der Waals surface area contributed by atoms with Crippen molar-refractivity contribution in [1.82, 2.24) is 14.8 Å². The Balaban J connectivity index is 1.73. The lowest BCUT2D eigenvalue weighted by Crippen LogP contribution is -2.22. The Hall–Kier alpha value is -2.32. The number of carbonyl (C=O) groups is 1. The number of halogens is 1. The summed E-state index contributed by atoms with van der Waals surface area (Å²) in [7, 11) is 1.64. The highest BCUT2D eigenvalue weighted by molar-refractivity contribution is 9.10. The van der Waals surface area contributed by atoms with Crippen molar-refractivity contribution in [3.8, 4) is 17.1 Å². The Morgan fingerprint density at radius 3 is 2.46 bits per heavy atom. The average molecular weight is 461 g/mol. The third-order valence-electron chi connectivity index (χ3n) is 4.14. The van der Waals surface area contributed by atoms with Crippen LogP contribution in [0.2, 0.25) is 0 Å². The molecule has 0 saturated carbocycles. The molecule has 3 rings (SSSR count). The second-order valence-corrected chi connectivity index (χ2v) is 8.26. The van der Waals surface area contributed by atoms with Crippen LogP contribution in [0.1, 0.15) is 13.8 Å². The van der Waals surface area contributed by atoms with Gasteiger partial charge in [0.05, 0.1) is 12.4 Å². The summed E-state index contributed by atoms with van der Waals surface area (Å²) in [5, 5.41) is 12.0. The zero-order valence-electron chi connectivity index (χ0n) is 15.8. The van der Waals surface area contributed by atoms with E-state index < -0.39 is 0 Å². The summed E-state index contributed by atoms with van der Waals surface area (Å²) < 4.78 is 8.18. The fourth-order valence-corrected chi connectivity index (χ4v) is 3.78. The Bertz CT molecular complexity index is 942. The van der Waals surface area contributed by atoms with Gasteiger partial charge in [-0.15, -0.1) is 10.2 Å². The van der Waals surface area contributed by atoms with Crippen LogP contribution >= 0.6 is 27.7 Å². The van der Waals surface area contributed by atoms with Crippen molar-refractivity contribution in [2.24, 2.45) is 0 Å². The van der Waals surface area contributed by atoms with Gasteiger partial charge in [0.1, 0.15) is 5.75 Å². The van der Waals surface area contributed by atoms with Gasteiger partial charge in [-0.25, -0.2) is 0 Å². The third-order valence-corrected chi connectivity index (χ3v) is 5.75. The highest BCUT2D eigenvalue weighted by Crippen LogP contribution is 2.28. The van der Waals surface area contributed by atoms with Gasteiger partial charge in [0.2, 0.25) is 5.91 Å². The Morgan fingerprint density at radius 2 is 1.86 bits per heavy atom. The van der Waals surface area contributed by atoms with Crippen LogP contribution in [0.25, 0.3) is 11.4 Å². The predicted molar refractivity (Wildman–Crippen MR) is 116 cm³/mol. The number of thioether (sulfide) groups is 1. The molecule has 0 aliphatic heterocycles. The highest BCUT2D eigenvalue weighted by Gasteiger charge is 2.20. The minimum absolute atomic E-state index is 0.0797. The summed E-state index contributed by atoms with van der Waals surface area (Å²) in [6, 6.07) is 15.2. The molecule has 1 unspecified atom stereocenters. The normalized spacial score (nSPS) is 11.9. The highest BCUT2D eigenvalue weighted by atomic mass is 79.9. The van der Waals surface area contributed by atoms with E-state index in [1.165, 1.54) is 11.8 Å². The molecule has 8 heteroatoms. The molecule has 0 aliphatic rings. The van der Waals surface area contributed by atoms with E-state index in [-0.39, 0.29) is 11.2 Å². The van der Waals surface area contributed by atoms with E-state index in [1.807, 2.05) is 66.9 Å². The number of carbonyl (C=O) groups excluding carboxylic acids is 1. The van der Waals surface area contributed by atoms with Crippen LogP contribution in [-0.2, 0) is 11.3 Å². The zero-order chi connectivity index (χ0) is 20.1. The van der Waals surface area contributed by atoms with Gasteiger partial charge in [-0.3, -0.25) is 4.79 Å². The summed E-state index contributed by atoms with van der Waals surface area (Å²) in [4.78, 5) is 12.5. The number of hydrogen-bond acceptors (Lipinski definition) is 5. The molecule has 0 bridgehead atoms. The maximum absolute atomic E-state index is 12.5. The number of benzene rings is 2. The standard InChI is InChI=1S/C20H21BrN4O2S/c1-4-25-18(14-5-11-17(27-3)12-6-14)23-24-20(25)28-13(2)19(26)22-16-9-7-15(21)8-10-16/h5-13H,4H2,1-3H3,(H,22,26). The van der Waals surface area contributed by atoms with Crippen LogP contribution in [-0.4, -0.2) is 33.0 Å². The van der Waals surface area contributed by atoms with E-state index in [9.17, 15) is 4.79 Å². The average Bonchev–Trinajstić information content (AvgIpc) is 3.12. The zero-order valence-corrected chi connectivity index (χ0v) is 18.3. The van der Waals surface area contributed by atoms with Gasteiger partial charge in [0, 0.05) is 22.3 Å². The fourth-order valence-electron chi connectivity index (χ4n) is 2.60. The lowest BCUT2D eigenvalue weighted by molar-refractivity contribution is -0.115. The number of anilines is 1. The van der Waals surface area contributed by atoms with Gasteiger partial charge in [-0.2, -0.15) is 0 Å². The molecule has 1 N–H and O–H groups in total. The first-order chi connectivity index (χ1) is 13.5. The molecule has 1 amide bonds. The van der Waals surface area contributed by atoms with Crippen molar-refractivity contribution in [1.29, 1.82) is 0 Å². The number of methoxy groups -OCH3 is 1. The number of aromatic nitrogens is 3. The molecule has 1 atom stereocenters. The minimum Gasteiger partial charge on any atom is -0.497 e. The maximum Gasteiger partial charge on any atom is 0.237 e. The third kappa shape index (κ3) is 4.74. The van der Waals surface area contributed by atoms with E-state index in [0.29, 0.717) is 11.7 Å². The van der Waals surface area contributed by atoms with Crippen molar-refractivity contribution < 1.29 is 9.53 Å². The Kier molecular flexibility index (Phi) is 6.74. The van der Waals surface area contributed by atoms with E-state index in [4.69, 9.17) is 4.74 Å². The number of ether oxygens (including phenoxy) is 1. The second-order valence-electron chi connectivity index (χ2n) is 6.04. The van der Waals surface area contributed by atoms with E-state index in [1.54, 1.807) is 7.11 Å². The Morgan fingerprint density at radius 1 is 1.18 bits per heavy atom. The number of rotatable bonds is 7. The van der Waals surface area contributed by atoms with Crippen LogP contribution < -0.4 is 10.1 Å².